The number of rotatable bonds is 6. The smallest absolute Gasteiger partial charge is 0.196 e. The summed E-state index contributed by atoms with van der Waals surface area (Å²) in [6.45, 7) is 6.37. The van der Waals surface area contributed by atoms with Gasteiger partial charge in [-0.15, -0.1) is 0 Å². The monoisotopic (exact) mass is 284 g/mol. The molecule has 3 nitrogen and oxygen atoms in total. The molecule has 3 heteroatoms. The summed E-state index contributed by atoms with van der Waals surface area (Å²) in [6, 6.07) is 14.5. The van der Waals surface area contributed by atoms with Gasteiger partial charge in [0.25, 0.3) is 0 Å². The van der Waals surface area contributed by atoms with Gasteiger partial charge in [0.1, 0.15) is 11.5 Å². The third-order valence-corrected chi connectivity index (χ3v) is 2.90. The minimum atomic E-state index is -0.0622. The first kappa shape index (κ1) is 15.1. The molecule has 0 aliphatic carbocycles. The van der Waals surface area contributed by atoms with E-state index < -0.39 is 0 Å². The molecule has 0 heterocycles. The quantitative estimate of drug-likeness (QED) is 0.749. The topological polar surface area (TPSA) is 35.5 Å². The van der Waals surface area contributed by atoms with Crippen LogP contribution in [0.25, 0.3) is 0 Å². The fourth-order valence-electron chi connectivity index (χ4n) is 2.06. The van der Waals surface area contributed by atoms with Crippen LogP contribution in [0.2, 0.25) is 0 Å². The first-order chi connectivity index (χ1) is 10.1. The predicted octanol–water partition coefficient (Wildman–Crippen LogP) is 4.10. The Labute approximate surface area is 125 Å². The third kappa shape index (κ3) is 3.85. The van der Waals surface area contributed by atoms with E-state index in [0.29, 0.717) is 29.2 Å². The molecule has 0 saturated heterocycles. The van der Waals surface area contributed by atoms with Gasteiger partial charge >= 0.3 is 0 Å². The van der Waals surface area contributed by atoms with Crippen molar-refractivity contribution in [3.8, 4) is 11.5 Å². The van der Waals surface area contributed by atoms with Crippen LogP contribution in [0, 0.1) is 0 Å². The molecule has 110 valence electrons. The van der Waals surface area contributed by atoms with Crippen molar-refractivity contribution in [2.24, 2.45) is 0 Å². The van der Waals surface area contributed by atoms with Gasteiger partial charge < -0.3 is 9.47 Å². The van der Waals surface area contributed by atoms with Crippen LogP contribution >= 0.6 is 0 Å². The molecule has 0 unspecified atom stereocenters. The molecule has 0 amide bonds. The second kappa shape index (κ2) is 6.93. The summed E-state index contributed by atoms with van der Waals surface area (Å²) in [5.41, 5.74) is 1.17. The minimum absolute atomic E-state index is 0.0220. The van der Waals surface area contributed by atoms with Gasteiger partial charge in [-0.05, 0) is 45.0 Å². The number of carbonyl (C=O) groups is 1. The Bertz CT molecular complexity index is 617. The highest BCUT2D eigenvalue weighted by molar-refractivity contribution is 6.10. The normalized spacial score (nSPS) is 10.5. The second-order valence-corrected chi connectivity index (χ2v) is 4.95. The van der Waals surface area contributed by atoms with Gasteiger partial charge in [-0.2, -0.15) is 0 Å². The fourth-order valence-corrected chi connectivity index (χ4v) is 2.06. The Morgan fingerprint density at radius 1 is 1.10 bits per heavy atom. The van der Waals surface area contributed by atoms with Gasteiger partial charge in [-0.1, -0.05) is 24.3 Å². The molecule has 0 aliphatic heterocycles. The number of ketones is 1. The highest BCUT2D eigenvalue weighted by atomic mass is 16.5. The van der Waals surface area contributed by atoms with E-state index in [1.54, 1.807) is 18.2 Å². The van der Waals surface area contributed by atoms with E-state index in [9.17, 15) is 4.79 Å². The first-order valence-electron chi connectivity index (χ1n) is 7.15. The maximum Gasteiger partial charge on any atom is 0.196 e. The number of para-hydroxylation sites is 1. The Hall–Kier alpha value is -2.29. The lowest BCUT2D eigenvalue weighted by atomic mass is 10.0. The summed E-state index contributed by atoms with van der Waals surface area (Å²) < 4.78 is 11.2. The molecule has 2 rings (SSSR count). The van der Waals surface area contributed by atoms with Crippen LogP contribution in [0.4, 0.5) is 0 Å². The standard InChI is InChI=1S/C18H20O3/c1-4-20-15-9-7-8-14(12-15)18(19)16-10-5-6-11-17(16)21-13(2)3/h5-13H,4H2,1-3H3. The summed E-state index contributed by atoms with van der Waals surface area (Å²) in [6.07, 6.45) is 0.0220. The van der Waals surface area contributed by atoms with Gasteiger partial charge in [0, 0.05) is 5.56 Å². The van der Waals surface area contributed by atoms with Gasteiger partial charge in [0.15, 0.2) is 5.78 Å². The Morgan fingerprint density at radius 3 is 2.57 bits per heavy atom. The highest BCUT2D eigenvalue weighted by Gasteiger charge is 2.15. The maximum atomic E-state index is 12.7. The molecule has 0 atom stereocenters. The summed E-state index contributed by atoms with van der Waals surface area (Å²) in [5, 5.41) is 0. The zero-order valence-corrected chi connectivity index (χ0v) is 12.6. The number of hydrogen-bond donors (Lipinski definition) is 0. The van der Waals surface area contributed by atoms with E-state index >= 15 is 0 Å². The van der Waals surface area contributed by atoms with Crippen LogP contribution in [0.5, 0.6) is 11.5 Å². The van der Waals surface area contributed by atoms with E-state index in [-0.39, 0.29) is 11.9 Å². The first-order valence-corrected chi connectivity index (χ1v) is 7.15. The molecule has 0 spiro atoms. The molecule has 0 N–H and O–H groups in total. The van der Waals surface area contributed by atoms with Crippen LogP contribution in [0.1, 0.15) is 36.7 Å². The Morgan fingerprint density at radius 2 is 1.86 bits per heavy atom. The van der Waals surface area contributed by atoms with E-state index in [1.807, 2.05) is 51.1 Å². The fraction of sp³-hybridized carbons (Fsp3) is 0.278. The molecule has 0 aliphatic rings. The highest BCUT2D eigenvalue weighted by Crippen LogP contribution is 2.24. The lowest BCUT2D eigenvalue weighted by molar-refractivity contribution is 0.103. The van der Waals surface area contributed by atoms with Crippen molar-refractivity contribution >= 4 is 5.78 Å². The molecular formula is C18H20O3. The molecule has 0 bridgehead atoms. The molecule has 21 heavy (non-hydrogen) atoms. The van der Waals surface area contributed by atoms with Crippen LogP contribution < -0.4 is 9.47 Å². The van der Waals surface area contributed by atoms with Crippen molar-refractivity contribution in [2.45, 2.75) is 26.9 Å². The van der Waals surface area contributed by atoms with Crippen LogP contribution in [0.15, 0.2) is 48.5 Å². The number of benzene rings is 2. The largest absolute Gasteiger partial charge is 0.494 e. The van der Waals surface area contributed by atoms with Gasteiger partial charge in [0.05, 0.1) is 18.3 Å². The predicted molar refractivity (Wildman–Crippen MR) is 83.2 cm³/mol. The van der Waals surface area contributed by atoms with Gasteiger partial charge in [-0.25, -0.2) is 0 Å². The zero-order valence-electron chi connectivity index (χ0n) is 12.6. The molecule has 0 aromatic heterocycles. The van der Waals surface area contributed by atoms with Crippen LogP contribution in [0.3, 0.4) is 0 Å². The average Bonchev–Trinajstić information content (AvgIpc) is 2.47. The number of ether oxygens (including phenoxy) is 2. The Balaban J connectivity index is 2.33. The van der Waals surface area contributed by atoms with Crippen molar-refractivity contribution in [3.63, 3.8) is 0 Å². The lowest BCUT2D eigenvalue weighted by Crippen LogP contribution is -2.10. The van der Waals surface area contributed by atoms with Gasteiger partial charge in [-0.3, -0.25) is 4.79 Å². The van der Waals surface area contributed by atoms with Crippen LogP contribution in [-0.2, 0) is 0 Å². The van der Waals surface area contributed by atoms with Gasteiger partial charge in [0.2, 0.25) is 0 Å². The van der Waals surface area contributed by atoms with Crippen LogP contribution in [-0.4, -0.2) is 18.5 Å². The van der Waals surface area contributed by atoms with Crippen molar-refractivity contribution in [3.05, 3.63) is 59.7 Å². The molecule has 2 aromatic carbocycles. The number of hydrogen-bond acceptors (Lipinski definition) is 3. The van der Waals surface area contributed by atoms with Crippen molar-refractivity contribution in [1.82, 2.24) is 0 Å². The number of carbonyl (C=O) groups excluding carboxylic acids is 1. The molecule has 2 aromatic rings. The molecule has 0 saturated carbocycles. The SMILES string of the molecule is CCOc1cccc(C(=O)c2ccccc2OC(C)C)c1. The van der Waals surface area contributed by atoms with Crippen molar-refractivity contribution in [2.75, 3.05) is 6.61 Å². The van der Waals surface area contributed by atoms with Crippen molar-refractivity contribution in [1.29, 1.82) is 0 Å². The summed E-state index contributed by atoms with van der Waals surface area (Å²) >= 11 is 0. The minimum Gasteiger partial charge on any atom is -0.494 e. The lowest BCUT2D eigenvalue weighted by Gasteiger charge is -2.13. The van der Waals surface area contributed by atoms with E-state index in [2.05, 4.69) is 0 Å². The summed E-state index contributed by atoms with van der Waals surface area (Å²) in [4.78, 5) is 12.7. The summed E-state index contributed by atoms with van der Waals surface area (Å²) in [7, 11) is 0. The average molecular weight is 284 g/mol. The summed E-state index contributed by atoms with van der Waals surface area (Å²) in [5.74, 6) is 1.25. The zero-order chi connectivity index (χ0) is 15.2. The van der Waals surface area contributed by atoms with E-state index in [4.69, 9.17) is 9.47 Å². The third-order valence-electron chi connectivity index (χ3n) is 2.90. The van der Waals surface area contributed by atoms with Crippen molar-refractivity contribution < 1.29 is 14.3 Å². The Kier molecular flexibility index (Phi) is 4.99. The molecular weight excluding hydrogens is 264 g/mol. The van der Waals surface area contributed by atoms with E-state index in [1.165, 1.54) is 0 Å². The second-order valence-electron chi connectivity index (χ2n) is 4.95. The molecule has 0 radical (unpaired) electrons. The maximum absolute atomic E-state index is 12.7. The molecule has 0 fully saturated rings. The van der Waals surface area contributed by atoms with E-state index in [0.717, 1.165) is 0 Å².